The van der Waals surface area contributed by atoms with Crippen LogP contribution in [-0.4, -0.2) is 6.18 Å². The quantitative estimate of drug-likeness (QED) is 0.563. The van der Waals surface area contributed by atoms with Crippen molar-refractivity contribution < 1.29 is 13.2 Å². The summed E-state index contributed by atoms with van der Waals surface area (Å²) in [6.07, 6.45) is 7.21. The lowest BCUT2D eigenvalue weighted by molar-refractivity contribution is -0.0803. The molecule has 0 heterocycles. The fourth-order valence-electron chi connectivity index (χ4n) is 3.81. The molecule has 2 saturated carbocycles. The van der Waals surface area contributed by atoms with Crippen molar-refractivity contribution in [3.8, 4) is 0 Å². The van der Waals surface area contributed by atoms with Gasteiger partial charge in [-0.1, -0.05) is 25.8 Å². The summed E-state index contributed by atoms with van der Waals surface area (Å²) in [4.78, 5) is 0. The van der Waals surface area contributed by atoms with Gasteiger partial charge in [-0.2, -0.15) is 13.2 Å². The van der Waals surface area contributed by atoms with Crippen LogP contribution in [0.25, 0.3) is 0 Å². The zero-order valence-corrected chi connectivity index (χ0v) is 11.8. The van der Waals surface area contributed by atoms with Gasteiger partial charge in [0.25, 0.3) is 0 Å². The Morgan fingerprint density at radius 1 is 0.789 bits per heavy atom. The number of alkyl halides is 3. The number of hydrogen-bond donors (Lipinski definition) is 0. The monoisotopic (exact) mass is 274 g/mol. The third-order valence-corrected chi connectivity index (χ3v) is 5.10. The van der Waals surface area contributed by atoms with E-state index in [9.17, 15) is 13.2 Å². The summed E-state index contributed by atoms with van der Waals surface area (Å²) in [5, 5.41) is 0. The van der Waals surface area contributed by atoms with Gasteiger partial charge in [0.05, 0.1) is 0 Å². The van der Waals surface area contributed by atoms with Crippen molar-refractivity contribution in [1.82, 2.24) is 0 Å². The summed E-state index contributed by atoms with van der Waals surface area (Å²) < 4.78 is 36.4. The zero-order valence-electron chi connectivity index (χ0n) is 11.8. The Morgan fingerprint density at radius 3 is 1.74 bits per heavy atom. The average molecular weight is 274 g/mol. The first-order valence-electron chi connectivity index (χ1n) is 7.70. The molecule has 0 spiro atoms. The molecule has 0 amide bonds. The predicted octanol–water partition coefficient (Wildman–Crippen LogP) is 5.74. The molecule has 110 valence electrons. The number of allylic oxidation sites excluding steroid dienone is 2. The molecule has 0 nitrogen and oxygen atoms in total. The van der Waals surface area contributed by atoms with Gasteiger partial charge < -0.3 is 0 Å². The Labute approximate surface area is 114 Å². The van der Waals surface area contributed by atoms with E-state index in [0.29, 0.717) is 6.08 Å². The van der Waals surface area contributed by atoms with Crippen LogP contribution in [0.2, 0.25) is 0 Å². The highest BCUT2D eigenvalue weighted by molar-refractivity contribution is 4.95. The standard InChI is InChI=1S/C16H25F3/c1-12-2-6-14(7-3-12)15-8-4-13(5-9-15)10-11-16(17,18)19/h10-15H,2-9H2,1H3/b11-10+. The van der Waals surface area contributed by atoms with Crippen LogP contribution in [-0.2, 0) is 0 Å². The van der Waals surface area contributed by atoms with Crippen molar-refractivity contribution in [1.29, 1.82) is 0 Å². The van der Waals surface area contributed by atoms with Gasteiger partial charge >= 0.3 is 6.18 Å². The highest BCUT2D eigenvalue weighted by Crippen LogP contribution is 2.41. The Balaban J connectivity index is 1.75. The van der Waals surface area contributed by atoms with Gasteiger partial charge in [0.1, 0.15) is 0 Å². The van der Waals surface area contributed by atoms with E-state index in [0.717, 1.165) is 43.4 Å². The molecule has 0 N–H and O–H groups in total. The fraction of sp³-hybridized carbons (Fsp3) is 0.875. The maximum absolute atomic E-state index is 12.1. The van der Waals surface area contributed by atoms with Gasteiger partial charge in [0.2, 0.25) is 0 Å². The molecule has 3 heteroatoms. The van der Waals surface area contributed by atoms with Crippen molar-refractivity contribution in [2.24, 2.45) is 23.7 Å². The molecule has 0 atom stereocenters. The van der Waals surface area contributed by atoms with Gasteiger partial charge in [-0.15, -0.1) is 0 Å². The van der Waals surface area contributed by atoms with Gasteiger partial charge in [-0.05, 0) is 62.2 Å². The van der Waals surface area contributed by atoms with Crippen LogP contribution in [0.15, 0.2) is 12.2 Å². The van der Waals surface area contributed by atoms with Crippen LogP contribution in [0.5, 0.6) is 0 Å². The topological polar surface area (TPSA) is 0 Å². The minimum Gasteiger partial charge on any atom is -0.167 e. The lowest BCUT2D eigenvalue weighted by atomic mass is 9.69. The van der Waals surface area contributed by atoms with E-state index in [1.165, 1.54) is 31.8 Å². The van der Waals surface area contributed by atoms with E-state index in [2.05, 4.69) is 6.92 Å². The maximum Gasteiger partial charge on any atom is 0.409 e. The molecule has 0 unspecified atom stereocenters. The smallest absolute Gasteiger partial charge is 0.167 e. The summed E-state index contributed by atoms with van der Waals surface area (Å²) >= 11 is 0. The Bertz CT molecular complexity index is 290. The molecule has 0 saturated heterocycles. The van der Waals surface area contributed by atoms with Crippen molar-refractivity contribution in [3.05, 3.63) is 12.2 Å². The molecule has 2 aliphatic carbocycles. The molecule has 0 aromatic heterocycles. The van der Waals surface area contributed by atoms with Crippen molar-refractivity contribution in [2.75, 3.05) is 0 Å². The first-order chi connectivity index (χ1) is 8.94. The maximum atomic E-state index is 12.1. The molecule has 0 bridgehead atoms. The number of hydrogen-bond acceptors (Lipinski definition) is 0. The first kappa shape index (κ1) is 14.9. The molecule has 0 radical (unpaired) electrons. The lowest BCUT2D eigenvalue weighted by Crippen LogP contribution is -2.25. The van der Waals surface area contributed by atoms with Crippen LogP contribution in [0.1, 0.15) is 58.3 Å². The van der Waals surface area contributed by atoms with E-state index in [4.69, 9.17) is 0 Å². The third kappa shape index (κ3) is 4.85. The molecular weight excluding hydrogens is 249 g/mol. The van der Waals surface area contributed by atoms with Gasteiger partial charge in [0, 0.05) is 6.08 Å². The van der Waals surface area contributed by atoms with Crippen LogP contribution in [0.3, 0.4) is 0 Å². The first-order valence-corrected chi connectivity index (χ1v) is 7.70. The Morgan fingerprint density at radius 2 is 1.26 bits per heavy atom. The average Bonchev–Trinajstić information content (AvgIpc) is 2.37. The van der Waals surface area contributed by atoms with Crippen molar-refractivity contribution in [2.45, 2.75) is 64.5 Å². The fourth-order valence-corrected chi connectivity index (χ4v) is 3.81. The Kier molecular flexibility index (Phi) is 4.97. The van der Waals surface area contributed by atoms with Gasteiger partial charge in [-0.25, -0.2) is 0 Å². The van der Waals surface area contributed by atoms with Crippen LogP contribution < -0.4 is 0 Å². The molecular formula is C16H25F3. The lowest BCUT2D eigenvalue weighted by Gasteiger charge is -2.36. The molecule has 0 aliphatic heterocycles. The zero-order chi connectivity index (χ0) is 13.9. The minimum absolute atomic E-state index is 0.153. The largest absolute Gasteiger partial charge is 0.409 e. The van der Waals surface area contributed by atoms with E-state index in [-0.39, 0.29) is 5.92 Å². The third-order valence-electron chi connectivity index (χ3n) is 5.10. The number of halogens is 3. The van der Waals surface area contributed by atoms with E-state index in [1.807, 2.05) is 0 Å². The molecule has 0 aromatic carbocycles. The van der Waals surface area contributed by atoms with Crippen LogP contribution in [0.4, 0.5) is 13.2 Å². The minimum atomic E-state index is -4.14. The molecule has 0 aromatic rings. The van der Waals surface area contributed by atoms with Crippen molar-refractivity contribution in [3.63, 3.8) is 0 Å². The highest BCUT2D eigenvalue weighted by Gasteiger charge is 2.30. The SMILES string of the molecule is CC1CCC(C2CCC(/C=C/C(F)(F)F)CC2)CC1. The van der Waals surface area contributed by atoms with Gasteiger partial charge in [-0.3, -0.25) is 0 Å². The Hall–Kier alpha value is -0.470. The highest BCUT2D eigenvalue weighted by atomic mass is 19.4. The number of rotatable bonds is 2. The molecule has 2 rings (SSSR count). The molecule has 2 fully saturated rings. The van der Waals surface area contributed by atoms with E-state index >= 15 is 0 Å². The van der Waals surface area contributed by atoms with Crippen LogP contribution >= 0.6 is 0 Å². The summed E-state index contributed by atoms with van der Waals surface area (Å²) in [6.45, 7) is 2.33. The van der Waals surface area contributed by atoms with Gasteiger partial charge in [0.15, 0.2) is 0 Å². The predicted molar refractivity (Wildman–Crippen MR) is 71.8 cm³/mol. The summed E-state index contributed by atoms with van der Waals surface area (Å²) in [7, 11) is 0. The van der Waals surface area contributed by atoms with Crippen molar-refractivity contribution >= 4 is 0 Å². The second-order valence-corrected chi connectivity index (χ2v) is 6.60. The summed E-state index contributed by atoms with van der Waals surface area (Å²) in [6, 6.07) is 0. The van der Waals surface area contributed by atoms with E-state index in [1.54, 1.807) is 0 Å². The molecule has 19 heavy (non-hydrogen) atoms. The van der Waals surface area contributed by atoms with Crippen LogP contribution in [0, 0.1) is 23.7 Å². The summed E-state index contributed by atoms with van der Waals surface area (Å²) in [5.41, 5.74) is 0. The van der Waals surface area contributed by atoms with E-state index < -0.39 is 6.18 Å². The molecule has 2 aliphatic rings. The normalized spacial score (nSPS) is 37.7. The second kappa shape index (κ2) is 6.32. The second-order valence-electron chi connectivity index (χ2n) is 6.60. The summed E-state index contributed by atoms with van der Waals surface area (Å²) in [5.74, 6) is 2.66.